The molecule has 0 radical (unpaired) electrons. The topological polar surface area (TPSA) is 41.4 Å². The minimum Gasteiger partial charge on any atom is -0.371 e. The van der Waals surface area contributed by atoms with E-state index in [1.165, 1.54) is 6.42 Å². The first-order chi connectivity index (χ1) is 10.8. The molecule has 0 atom stereocenters. The number of para-hydroxylation sites is 2. The number of anilines is 2. The number of rotatable bonds is 1. The summed E-state index contributed by atoms with van der Waals surface area (Å²) in [6.45, 7) is 2.47. The van der Waals surface area contributed by atoms with E-state index < -0.39 is 0 Å². The van der Waals surface area contributed by atoms with Crippen LogP contribution in [0.15, 0.2) is 30.5 Å². The van der Waals surface area contributed by atoms with E-state index in [2.05, 4.69) is 27.6 Å². The molecule has 4 rings (SSSR count). The lowest BCUT2D eigenvalue weighted by Gasteiger charge is -2.35. The lowest BCUT2D eigenvalue weighted by Crippen LogP contribution is -2.43. The molecule has 3 heterocycles. The van der Waals surface area contributed by atoms with Crippen molar-refractivity contribution in [3.8, 4) is 0 Å². The second-order valence-electron chi connectivity index (χ2n) is 6.04. The van der Waals surface area contributed by atoms with Crippen molar-refractivity contribution in [3.05, 3.63) is 42.0 Å². The van der Waals surface area contributed by atoms with Crippen molar-refractivity contribution in [2.45, 2.75) is 25.8 Å². The van der Waals surface area contributed by atoms with Gasteiger partial charge in [-0.15, -0.1) is 0 Å². The molecule has 5 nitrogen and oxygen atoms in total. The largest absolute Gasteiger partial charge is 0.371 e. The fraction of sp³-hybridized carbons (Fsp3) is 0.412. The Morgan fingerprint density at radius 3 is 2.77 bits per heavy atom. The predicted molar refractivity (Wildman–Crippen MR) is 86.6 cm³/mol. The molecule has 5 heteroatoms. The van der Waals surface area contributed by atoms with Gasteiger partial charge in [0, 0.05) is 33.1 Å². The first-order valence-electron chi connectivity index (χ1n) is 7.92. The van der Waals surface area contributed by atoms with Crippen molar-refractivity contribution in [2.24, 2.45) is 0 Å². The van der Waals surface area contributed by atoms with Crippen LogP contribution in [0.25, 0.3) is 0 Å². The van der Waals surface area contributed by atoms with E-state index in [1.807, 2.05) is 23.1 Å². The summed E-state index contributed by atoms with van der Waals surface area (Å²) in [4.78, 5) is 21.6. The van der Waals surface area contributed by atoms with Crippen molar-refractivity contribution < 1.29 is 4.79 Å². The summed E-state index contributed by atoms with van der Waals surface area (Å²) in [5, 5.41) is 0. The van der Waals surface area contributed by atoms with Gasteiger partial charge in [0.05, 0.1) is 17.6 Å². The zero-order chi connectivity index (χ0) is 15.1. The molecule has 2 aliphatic heterocycles. The summed E-state index contributed by atoms with van der Waals surface area (Å²) in [5.41, 5.74) is 2.84. The SMILES string of the molecule is CN1CCN(C(=O)c2cnc3n2CCCC3)c2ccccc21. The summed E-state index contributed by atoms with van der Waals surface area (Å²) < 4.78 is 2.10. The van der Waals surface area contributed by atoms with Crippen LogP contribution < -0.4 is 9.80 Å². The fourth-order valence-corrected chi connectivity index (χ4v) is 3.44. The molecule has 0 spiro atoms. The molecule has 0 unspecified atom stereocenters. The van der Waals surface area contributed by atoms with Gasteiger partial charge < -0.3 is 14.4 Å². The van der Waals surface area contributed by atoms with E-state index >= 15 is 0 Å². The molecule has 114 valence electrons. The van der Waals surface area contributed by atoms with Crippen molar-refractivity contribution >= 4 is 17.3 Å². The molecule has 1 aromatic heterocycles. The van der Waals surface area contributed by atoms with E-state index in [0.717, 1.165) is 48.8 Å². The highest BCUT2D eigenvalue weighted by molar-refractivity contribution is 6.07. The van der Waals surface area contributed by atoms with Crippen LogP contribution in [0.5, 0.6) is 0 Å². The Bertz CT molecular complexity index is 721. The molecule has 0 N–H and O–H groups in total. The second-order valence-corrected chi connectivity index (χ2v) is 6.04. The predicted octanol–water partition coefficient (Wildman–Crippen LogP) is 2.32. The molecule has 0 saturated heterocycles. The first-order valence-corrected chi connectivity index (χ1v) is 7.92. The first kappa shape index (κ1) is 13.4. The minimum absolute atomic E-state index is 0.0706. The Balaban J connectivity index is 1.72. The van der Waals surface area contributed by atoms with Gasteiger partial charge in [-0.05, 0) is 25.0 Å². The van der Waals surface area contributed by atoms with Crippen LogP contribution in [-0.2, 0) is 13.0 Å². The number of benzene rings is 1. The maximum atomic E-state index is 13.0. The molecule has 1 amide bonds. The van der Waals surface area contributed by atoms with Gasteiger partial charge in [0.15, 0.2) is 0 Å². The summed E-state index contributed by atoms with van der Waals surface area (Å²) in [6.07, 6.45) is 5.03. The smallest absolute Gasteiger partial charge is 0.276 e. The van der Waals surface area contributed by atoms with Gasteiger partial charge in [-0.1, -0.05) is 12.1 Å². The Kier molecular flexibility index (Phi) is 3.13. The van der Waals surface area contributed by atoms with E-state index in [-0.39, 0.29) is 5.91 Å². The number of amides is 1. The number of hydrogen-bond acceptors (Lipinski definition) is 3. The van der Waals surface area contributed by atoms with E-state index in [9.17, 15) is 4.79 Å². The highest BCUT2D eigenvalue weighted by atomic mass is 16.2. The molecular weight excluding hydrogens is 276 g/mol. The molecule has 0 bridgehead atoms. The van der Waals surface area contributed by atoms with Gasteiger partial charge in [-0.3, -0.25) is 4.79 Å². The summed E-state index contributed by atoms with van der Waals surface area (Å²) >= 11 is 0. The highest BCUT2D eigenvalue weighted by Crippen LogP contribution is 2.33. The summed E-state index contributed by atoms with van der Waals surface area (Å²) in [5.74, 6) is 1.12. The van der Waals surface area contributed by atoms with Crippen LogP contribution >= 0.6 is 0 Å². The van der Waals surface area contributed by atoms with Gasteiger partial charge >= 0.3 is 0 Å². The second kappa shape index (κ2) is 5.16. The molecule has 2 aliphatic rings. The van der Waals surface area contributed by atoms with Crippen molar-refractivity contribution in [1.82, 2.24) is 9.55 Å². The van der Waals surface area contributed by atoms with E-state index in [1.54, 1.807) is 6.20 Å². The van der Waals surface area contributed by atoms with Crippen molar-refractivity contribution in [2.75, 3.05) is 29.9 Å². The van der Waals surface area contributed by atoms with Gasteiger partial charge in [-0.25, -0.2) is 4.98 Å². The van der Waals surface area contributed by atoms with Crippen molar-refractivity contribution in [1.29, 1.82) is 0 Å². The number of aromatic nitrogens is 2. The number of fused-ring (bicyclic) bond motifs is 2. The third kappa shape index (κ3) is 2.00. The number of aryl methyl sites for hydroxylation is 1. The Morgan fingerprint density at radius 1 is 1.09 bits per heavy atom. The number of carbonyl (C=O) groups excluding carboxylic acids is 1. The highest BCUT2D eigenvalue weighted by Gasteiger charge is 2.28. The van der Waals surface area contributed by atoms with Crippen LogP contribution in [-0.4, -0.2) is 35.6 Å². The number of hydrogen-bond donors (Lipinski definition) is 0. The fourth-order valence-electron chi connectivity index (χ4n) is 3.44. The molecule has 0 saturated carbocycles. The molecule has 0 aliphatic carbocycles. The molecule has 1 aromatic carbocycles. The number of nitrogens with zero attached hydrogens (tertiary/aromatic N) is 4. The third-order valence-corrected chi connectivity index (χ3v) is 4.68. The lowest BCUT2D eigenvalue weighted by atomic mass is 10.1. The lowest BCUT2D eigenvalue weighted by molar-refractivity contribution is 0.0976. The maximum absolute atomic E-state index is 13.0. The average molecular weight is 296 g/mol. The monoisotopic (exact) mass is 296 g/mol. The van der Waals surface area contributed by atoms with E-state index in [4.69, 9.17) is 0 Å². The minimum atomic E-state index is 0.0706. The van der Waals surface area contributed by atoms with Gasteiger partial charge in [0.25, 0.3) is 5.91 Å². The van der Waals surface area contributed by atoms with Crippen LogP contribution in [0.4, 0.5) is 11.4 Å². The number of likely N-dealkylation sites (N-methyl/N-ethyl adjacent to an activating group) is 1. The van der Waals surface area contributed by atoms with Gasteiger partial charge in [-0.2, -0.15) is 0 Å². The third-order valence-electron chi connectivity index (χ3n) is 4.68. The molecule has 22 heavy (non-hydrogen) atoms. The maximum Gasteiger partial charge on any atom is 0.276 e. The molecule has 0 fully saturated rings. The Hall–Kier alpha value is -2.30. The quantitative estimate of drug-likeness (QED) is 0.811. The zero-order valence-corrected chi connectivity index (χ0v) is 12.8. The molecule has 2 aromatic rings. The average Bonchev–Trinajstić information content (AvgIpc) is 2.99. The molecular formula is C17H20N4O. The van der Waals surface area contributed by atoms with E-state index in [0.29, 0.717) is 6.54 Å². The Morgan fingerprint density at radius 2 is 1.91 bits per heavy atom. The van der Waals surface area contributed by atoms with Crippen LogP contribution in [0, 0.1) is 0 Å². The Labute approximate surface area is 130 Å². The van der Waals surface area contributed by atoms with Gasteiger partial charge in [0.1, 0.15) is 11.5 Å². The summed E-state index contributed by atoms with van der Waals surface area (Å²) in [6, 6.07) is 8.10. The number of imidazole rings is 1. The standard InChI is InChI=1S/C17H20N4O/c1-19-10-11-21(14-7-3-2-6-13(14)19)17(22)15-12-18-16-8-4-5-9-20(15)16/h2-3,6-7,12H,4-5,8-11H2,1H3. The van der Waals surface area contributed by atoms with Crippen LogP contribution in [0.3, 0.4) is 0 Å². The van der Waals surface area contributed by atoms with Gasteiger partial charge in [0.2, 0.25) is 0 Å². The van der Waals surface area contributed by atoms with Crippen LogP contribution in [0.1, 0.15) is 29.2 Å². The van der Waals surface area contributed by atoms with Crippen LogP contribution in [0.2, 0.25) is 0 Å². The zero-order valence-electron chi connectivity index (χ0n) is 12.8. The normalized spacial score (nSPS) is 17.1. The summed E-state index contributed by atoms with van der Waals surface area (Å²) in [7, 11) is 2.07. The number of carbonyl (C=O) groups is 1. The van der Waals surface area contributed by atoms with Crippen molar-refractivity contribution in [3.63, 3.8) is 0 Å².